The minimum atomic E-state index is -0.352. The Labute approximate surface area is 166 Å². The number of nitrogens with one attached hydrogen (secondary N) is 1. The van der Waals surface area contributed by atoms with Gasteiger partial charge in [0.1, 0.15) is 0 Å². The molecule has 7 nitrogen and oxygen atoms in total. The second kappa shape index (κ2) is 9.57. The number of hydrogen-bond donors (Lipinski definition) is 1. The number of likely N-dealkylation sites (tertiary alicyclic amines) is 2. The Bertz CT molecular complexity index is 690. The Morgan fingerprint density at radius 2 is 1.61 bits per heavy atom. The number of ether oxygens (including phenoxy) is 1. The molecular formula is C21H29N3O4. The number of benzene rings is 1. The van der Waals surface area contributed by atoms with E-state index in [1.807, 2.05) is 16.7 Å². The minimum absolute atomic E-state index is 0.0328. The Morgan fingerprint density at radius 3 is 2.21 bits per heavy atom. The first-order valence-corrected chi connectivity index (χ1v) is 10.2. The number of carbonyl (C=O) groups is 3. The molecule has 7 heteroatoms. The molecule has 1 N–H and O–H groups in total. The van der Waals surface area contributed by atoms with Crippen molar-refractivity contribution >= 4 is 23.6 Å². The van der Waals surface area contributed by atoms with Gasteiger partial charge in [-0.1, -0.05) is 6.92 Å². The summed E-state index contributed by atoms with van der Waals surface area (Å²) in [6.45, 7) is 5.28. The van der Waals surface area contributed by atoms with Gasteiger partial charge >= 0.3 is 12.0 Å². The monoisotopic (exact) mass is 387 g/mol. The van der Waals surface area contributed by atoms with Gasteiger partial charge in [-0.05, 0) is 56.4 Å². The Balaban J connectivity index is 1.46. The van der Waals surface area contributed by atoms with Gasteiger partial charge in [0.05, 0.1) is 12.2 Å². The number of anilines is 1. The van der Waals surface area contributed by atoms with E-state index in [1.54, 1.807) is 24.3 Å². The van der Waals surface area contributed by atoms with Crippen LogP contribution in [0.4, 0.5) is 10.5 Å². The molecule has 3 amide bonds. The topological polar surface area (TPSA) is 79.0 Å². The second-order valence-corrected chi connectivity index (χ2v) is 7.44. The predicted octanol–water partition coefficient (Wildman–Crippen LogP) is 3.12. The minimum Gasteiger partial charge on any atom is -0.462 e. The number of rotatable bonds is 5. The number of urea groups is 1. The van der Waals surface area contributed by atoms with Crippen molar-refractivity contribution in [3.63, 3.8) is 0 Å². The highest BCUT2D eigenvalue weighted by Gasteiger charge is 2.30. The van der Waals surface area contributed by atoms with Crippen molar-refractivity contribution in [2.45, 2.75) is 39.0 Å². The zero-order chi connectivity index (χ0) is 19.9. The number of nitrogens with zero attached hydrogens (tertiary/aromatic N) is 2. The molecule has 2 aliphatic heterocycles. The Hall–Kier alpha value is -2.57. The van der Waals surface area contributed by atoms with Crippen LogP contribution < -0.4 is 5.32 Å². The van der Waals surface area contributed by atoms with E-state index in [2.05, 4.69) is 5.32 Å². The first-order valence-electron chi connectivity index (χ1n) is 10.2. The molecule has 0 radical (unpaired) electrons. The average Bonchev–Trinajstić information content (AvgIpc) is 3.27. The third-order valence-electron chi connectivity index (χ3n) is 5.34. The van der Waals surface area contributed by atoms with Crippen molar-refractivity contribution in [1.82, 2.24) is 9.80 Å². The van der Waals surface area contributed by atoms with Gasteiger partial charge < -0.3 is 19.9 Å². The fraction of sp³-hybridized carbons (Fsp3) is 0.571. The van der Waals surface area contributed by atoms with Crippen molar-refractivity contribution in [2.24, 2.45) is 5.92 Å². The summed E-state index contributed by atoms with van der Waals surface area (Å²) in [6, 6.07) is 6.86. The van der Waals surface area contributed by atoms with Crippen LogP contribution in [0.3, 0.4) is 0 Å². The molecule has 0 unspecified atom stereocenters. The summed E-state index contributed by atoms with van der Waals surface area (Å²) in [7, 11) is 0. The molecule has 1 aromatic rings. The van der Waals surface area contributed by atoms with Gasteiger partial charge in [-0.15, -0.1) is 0 Å². The molecule has 3 rings (SSSR count). The molecular weight excluding hydrogens is 358 g/mol. The average molecular weight is 387 g/mol. The maximum Gasteiger partial charge on any atom is 0.338 e. The van der Waals surface area contributed by atoms with Gasteiger partial charge in [0.2, 0.25) is 5.91 Å². The molecule has 0 spiro atoms. The molecule has 1 aromatic carbocycles. The van der Waals surface area contributed by atoms with E-state index < -0.39 is 0 Å². The Morgan fingerprint density at radius 1 is 1.00 bits per heavy atom. The van der Waals surface area contributed by atoms with Crippen LogP contribution in [0, 0.1) is 5.92 Å². The highest BCUT2D eigenvalue weighted by Crippen LogP contribution is 2.22. The zero-order valence-corrected chi connectivity index (χ0v) is 16.5. The quantitative estimate of drug-likeness (QED) is 0.788. The van der Waals surface area contributed by atoms with Crippen molar-refractivity contribution < 1.29 is 19.1 Å². The van der Waals surface area contributed by atoms with E-state index in [-0.39, 0.29) is 23.8 Å². The van der Waals surface area contributed by atoms with E-state index in [9.17, 15) is 14.4 Å². The van der Waals surface area contributed by atoms with Crippen molar-refractivity contribution in [3.05, 3.63) is 29.8 Å². The Kier molecular flexibility index (Phi) is 6.90. The summed E-state index contributed by atoms with van der Waals surface area (Å²) in [5, 5.41) is 2.92. The molecule has 2 aliphatic rings. The molecule has 0 atom stereocenters. The van der Waals surface area contributed by atoms with Crippen LogP contribution in [0.25, 0.3) is 0 Å². The predicted molar refractivity (Wildman–Crippen MR) is 106 cm³/mol. The normalized spacial score (nSPS) is 17.5. The SMILES string of the molecule is CCCOC(=O)c1ccc(NC(=O)C2CCN(C(=O)N3CCCC3)CC2)cc1. The molecule has 2 heterocycles. The van der Waals surface area contributed by atoms with Crippen molar-refractivity contribution in [2.75, 3.05) is 38.1 Å². The lowest BCUT2D eigenvalue weighted by atomic mass is 9.96. The third kappa shape index (κ3) is 5.03. The smallest absolute Gasteiger partial charge is 0.338 e. The third-order valence-corrected chi connectivity index (χ3v) is 5.34. The van der Waals surface area contributed by atoms with E-state index in [0.29, 0.717) is 43.8 Å². The summed E-state index contributed by atoms with van der Waals surface area (Å²) in [4.78, 5) is 40.6. The largest absolute Gasteiger partial charge is 0.462 e. The summed E-state index contributed by atoms with van der Waals surface area (Å²) < 4.78 is 5.10. The lowest BCUT2D eigenvalue weighted by Gasteiger charge is -2.34. The van der Waals surface area contributed by atoms with E-state index in [0.717, 1.165) is 32.4 Å². The van der Waals surface area contributed by atoms with Crippen molar-refractivity contribution in [3.8, 4) is 0 Å². The van der Waals surface area contributed by atoms with Crippen LogP contribution in [0.1, 0.15) is 49.4 Å². The van der Waals surface area contributed by atoms with Crippen LogP contribution in [0.15, 0.2) is 24.3 Å². The van der Waals surface area contributed by atoms with Crippen LogP contribution >= 0.6 is 0 Å². The fourth-order valence-corrected chi connectivity index (χ4v) is 3.65. The van der Waals surface area contributed by atoms with E-state index in [4.69, 9.17) is 4.74 Å². The number of piperidine rings is 1. The molecule has 28 heavy (non-hydrogen) atoms. The van der Waals surface area contributed by atoms with Gasteiger partial charge in [-0.3, -0.25) is 4.79 Å². The zero-order valence-electron chi connectivity index (χ0n) is 16.5. The summed E-state index contributed by atoms with van der Waals surface area (Å²) in [5.74, 6) is -0.485. The highest BCUT2D eigenvalue weighted by atomic mass is 16.5. The molecule has 0 aliphatic carbocycles. The van der Waals surface area contributed by atoms with Crippen LogP contribution in [0.2, 0.25) is 0 Å². The van der Waals surface area contributed by atoms with Gasteiger partial charge in [0.25, 0.3) is 0 Å². The second-order valence-electron chi connectivity index (χ2n) is 7.44. The van der Waals surface area contributed by atoms with Gasteiger partial charge in [-0.2, -0.15) is 0 Å². The van der Waals surface area contributed by atoms with Crippen molar-refractivity contribution in [1.29, 1.82) is 0 Å². The molecule has 2 saturated heterocycles. The lowest BCUT2D eigenvalue weighted by Crippen LogP contribution is -2.47. The molecule has 152 valence electrons. The first-order chi connectivity index (χ1) is 13.6. The maximum absolute atomic E-state index is 12.5. The van der Waals surface area contributed by atoms with Gasteiger partial charge in [0.15, 0.2) is 0 Å². The number of amides is 3. The van der Waals surface area contributed by atoms with Crippen LogP contribution in [-0.2, 0) is 9.53 Å². The maximum atomic E-state index is 12.5. The number of esters is 1. The summed E-state index contributed by atoms with van der Waals surface area (Å²) in [5.41, 5.74) is 1.13. The first kappa shape index (κ1) is 20.2. The summed E-state index contributed by atoms with van der Waals surface area (Å²) in [6.07, 6.45) is 4.29. The molecule has 0 bridgehead atoms. The molecule has 0 aromatic heterocycles. The standard InChI is InChI=1S/C21H29N3O4/c1-2-15-28-20(26)17-5-7-18(8-6-17)22-19(25)16-9-13-24(14-10-16)21(27)23-11-3-4-12-23/h5-8,16H,2-4,9-15H2,1H3,(H,22,25). The summed E-state index contributed by atoms with van der Waals surface area (Å²) >= 11 is 0. The van der Waals surface area contributed by atoms with Crippen LogP contribution in [-0.4, -0.2) is 60.5 Å². The van der Waals surface area contributed by atoms with Gasteiger partial charge in [-0.25, -0.2) is 9.59 Å². The van der Waals surface area contributed by atoms with Crippen LogP contribution in [0.5, 0.6) is 0 Å². The molecule has 0 saturated carbocycles. The van der Waals surface area contributed by atoms with Gasteiger partial charge in [0, 0.05) is 37.8 Å². The van der Waals surface area contributed by atoms with E-state index >= 15 is 0 Å². The number of carbonyl (C=O) groups excluding carboxylic acids is 3. The molecule has 2 fully saturated rings. The lowest BCUT2D eigenvalue weighted by molar-refractivity contribution is -0.121. The van der Waals surface area contributed by atoms with E-state index in [1.165, 1.54) is 0 Å². The highest BCUT2D eigenvalue weighted by molar-refractivity contribution is 5.94. The number of hydrogen-bond acceptors (Lipinski definition) is 4. The fourth-order valence-electron chi connectivity index (χ4n) is 3.65.